The summed E-state index contributed by atoms with van der Waals surface area (Å²) in [4.78, 5) is 27.0. The third kappa shape index (κ3) is 3.27. The van der Waals surface area contributed by atoms with Gasteiger partial charge in [-0.25, -0.2) is 5.10 Å². The summed E-state index contributed by atoms with van der Waals surface area (Å²) < 4.78 is 11.2. The number of fused-ring (bicyclic) bond motifs is 2. The van der Waals surface area contributed by atoms with Crippen molar-refractivity contribution < 1.29 is 14.3 Å². The van der Waals surface area contributed by atoms with Gasteiger partial charge in [0.25, 0.3) is 11.5 Å². The Morgan fingerprint density at radius 2 is 1.90 bits per heavy atom. The minimum atomic E-state index is -0.199. The molecule has 1 amide bonds. The Balaban J connectivity index is 1.54. The second-order valence-electron chi connectivity index (χ2n) is 7.36. The Kier molecular flexibility index (Phi) is 4.52. The fourth-order valence-corrected chi connectivity index (χ4v) is 4.07. The van der Waals surface area contributed by atoms with Crippen LogP contribution in [0, 0.1) is 0 Å². The molecule has 0 aliphatic carbocycles. The van der Waals surface area contributed by atoms with E-state index >= 15 is 0 Å². The molecule has 7 nitrogen and oxygen atoms in total. The highest BCUT2D eigenvalue weighted by molar-refractivity contribution is 5.98. The number of hydrogen-bond acceptors (Lipinski definition) is 5. The van der Waals surface area contributed by atoms with Crippen molar-refractivity contribution >= 4 is 16.7 Å². The van der Waals surface area contributed by atoms with Gasteiger partial charge in [-0.15, -0.1) is 0 Å². The lowest BCUT2D eigenvalue weighted by molar-refractivity contribution is 0.0301. The Hall–Kier alpha value is -3.19. The first-order valence-electron chi connectivity index (χ1n) is 9.82. The maximum atomic E-state index is 13.1. The van der Waals surface area contributed by atoms with Crippen LogP contribution in [0.3, 0.4) is 0 Å². The molecular weight excluding hydrogens is 370 g/mol. The summed E-state index contributed by atoms with van der Waals surface area (Å²) in [5, 5.41) is 8.31. The van der Waals surface area contributed by atoms with Gasteiger partial charge < -0.3 is 14.4 Å². The van der Waals surface area contributed by atoms with Gasteiger partial charge in [0.1, 0.15) is 5.75 Å². The lowest BCUT2D eigenvalue weighted by atomic mass is 9.98. The average molecular weight is 391 g/mol. The van der Waals surface area contributed by atoms with Crippen LogP contribution in [0.2, 0.25) is 0 Å². The van der Waals surface area contributed by atoms with E-state index in [1.165, 1.54) is 0 Å². The molecule has 0 radical (unpaired) electrons. The molecule has 1 N–H and O–H groups in total. The van der Waals surface area contributed by atoms with E-state index in [1.54, 1.807) is 6.07 Å². The van der Waals surface area contributed by atoms with Crippen molar-refractivity contribution in [2.24, 2.45) is 0 Å². The predicted molar refractivity (Wildman–Crippen MR) is 108 cm³/mol. The first-order chi connectivity index (χ1) is 14.2. The summed E-state index contributed by atoms with van der Waals surface area (Å²) in [7, 11) is 0. The number of carbonyl (C=O) groups excluding carboxylic acids is 1. The summed E-state index contributed by atoms with van der Waals surface area (Å²) in [5.41, 5.74) is 3.22. The molecule has 1 fully saturated rings. The molecule has 3 heterocycles. The van der Waals surface area contributed by atoms with E-state index in [4.69, 9.17) is 9.47 Å². The predicted octanol–water partition coefficient (Wildman–Crippen LogP) is 1.92. The number of carbonyl (C=O) groups is 1. The van der Waals surface area contributed by atoms with Crippen LogP contribution in [0.15, 0.2) is 41.2 Å². The van der Waals surface area contributed by atoms with Crippen LogP contribution in [-0.4, -0.2) is 53.9 Å². The number of amides is 1. The number of H-pyrrole nitrogens is 1. The van der Waals surface area contributed by atoms with E-state index in [2.05, 4.69) is 16.3 Å². The fourth-order valence-electron chi connectivity index (χ4n) is 4.07. The smallest absolute Gasteiger partial charge is 0.272 e. The highest BCUT2D eigenvalue weighted by Crippen LogP contribution is 2.33. The third-order valence-corrected chi connectivity index (χ3v) is 5.52. The van der Waals surface area contributed by atoms with Gasteiger partial charge in [-0.05, 0) is 23.3 Å². The maximum Gasteiger partial charge on any atom is 0.272 e. The van der Waals surface area contributed by atoms with E-state index in [-0.39, 0.29) is 11.5 Å². The standard InChI is InChI=1S/C22H21N3O4/c26-21-17-4-2-1-3-16(17)19(23-24-21)13-14-11-15-5-8-29-20(15)18(12-14)22(27)25-6-9-28-10-7-25/h1-4,11-12H,5-10,13H2,(H,24,26). The minimum absolute atomic E-state index is 0.0208. The normalized spacial score (nSPS) is 15.9. The summed E-state index contributed by atoms with van der Waals surface area (Å²) in [5.74, 6) is 0.678. The summed E-state index contributed by atoms with van der Waals surface area (Å²) in [6, 6.07) is 11.4. The Morgan fingerprint density at radius 3 is 2.72 bits per heavy atom. The number of aromatic nitrogens is 2. The monoisotopic (exact) mass is 391 g/mol. The molecule has 0 bridgehead atoms. The molecule has 7 heteroatoms. The van der Waals surface area contributed by atoms with E-state index in [9.17, 15) is 9.59 Å². The Morgan fingerprint density at radius 1 is 1.10 bits per heavy atom. The number of benzene rings is 2. The molecule has 0 spiro atoms. The van der Waals surface area contributed by atoms with Crippen molar-refractivity contribution in [3.63, 3.8) is 0 Å². The topological polar surface area (TPSA) is 84.5 Å². The van der Waals surface area contributed by atoms with Crippen LogP contribution in [0.5, 0.6) is 5.75 Å². The lowest BCUT2D eigenvalue weighted by Crippen LogP contribution is -2.40. The average Bonchev–Trinajstić information content (AvgIpc) is 3.24. The van der Waals surface area contributed by atoms with Gasteiger partial charge in [-0.3, -0.25) is 9.59 Å². The number of hydrogen-bond donors (Lipinski definition) is 1. The molecule has 2 aliphatic rings. The van der Waals surface area contributed by atoms with E-state index in [0.29, 0.717) is 56.0 Å². The quantitative estimate of drug-likeness (QED) is 0.737. The minimum Gasteiger partial charge on any atom is -0.492 e. The molecule has 2 aliphatic heterocycles. The lowest BCUT2D eigenvalue weighted by Gasteiger charge is -2.27. The van der Waals surface area contributed by atoms with Crippen LogP contribution >= 0.6 is 0 Å². The summed E-state index contributed by atoms with van der Waals surface area (Å²) >= 11 is 0. The van der Waals surface area contributed by atoms with Crippen molar-refractivity contribution in [1.82, 2.24) is 15.1 Å². The molecular formula is C22H21N3O4. The molecule has 2 aromatic carbocycles. The molecule has 1 saturated heterocycles. The second kappa shape index (κ2) is 7.33. The number of rotatable bonds is 3. The number of ether oxygens (including phenoxy) is 2. The number of nitrogens with one attached hydrogen (secondary N) is 1. The second-order valence-corrected chi connectivity index (χ2v) is 7.36. The first-order valence-corrected chi connectivity index (χ1v) is 9.82. The summed E-state index contributed by atoms with van der Waals surface area (Å²) in [6.07, 6.45) is 1.31. The SMILES string of the molecule is O=C(c1cc(Cc2n[nH]c(=O)c3ccccc23)cc2c1OCC2)N1CCOCC1. The van der Waals surface area contributed by atoms with E-state index in [1.807, 2.05) is 29.2 Å². The van der Waals surface area contributed by atoms with Crippen molar-refractivity contribution in [2.45, 2.75) is 12.8 Å². The van der Waals surface area contributed by atoms with Crippen molar-refractivity contribution in [3.05, 3.63) is 69.1 Å². The van der Waals surface area contributed by atoms with Crippen molar-refractivity contribution in [1.29, 1.82) is 0 Å². The number of nitrogens with zero attached hydrogens (tertiary/aromatic N) is 2. The van der Waals surface area contributed by atoms with Gasteiger partial charge in [0.05, 0.1) is 36.5 Å². The molecule has 0 atom stereocenters. The molecule has 0 unspecified atom stereocenters. The zero-order valence-corrected chi connectivity index (χ0v) is 15.9. The molecule has 29 heavy (non-hydrogen) atoms. The van der Waals surface area contributed by atoms with Gasteiger partial charge in [-0.1, -0.05) is 24.3 Å². The van der Waals surface area contributed by atoms with Crippen LogP contribution in [0.4, 0.5) is 0 Å². The molecule has 148 valence electrons. The fraction of sp³-hybridized carbons (Fsp3) is 0.318. The highest BCUT2D eigenvalue weighted by Gasteiger charge is 2.27. The maximum absolute atomic E-state index is 13.1. The summed E-state index contributed by atoms with van der Waals surface area (Å²) in [6.45, 7) is 2.87. The Labute approximate surface area is 167 Å². The van der Waals surface area contributed by atoms with Crippen molar-refractivity contribution in [2.75, 3.05) is 32.9 Å². The van der Waals surface area contributed by atoms with Crippen LogP contribution in [-0.2, 0) is 17.6 Å². The van der Waals surface area contributed by atoms with Crippen LogP contribution < -0.4 is 10.3 Å². The van der Waals surface area contributed by atoms with Crippen LogP contribution in [0.25, 0.3) is 10.8 Å². The third-order valence-electron chi connectivity index (χ3n) is 5.52. The molecule has 5 rings (SSSR count). The zero-order chi connectivity index (χ0) is 19.8. The van der Waals surface area contributed by atoms with Crippen LogP contribution in [0.1, 0.15) is 27.2 Å². The van der Waals surface area contributed by atoms with Crippen molar-refractivity contribution in [3.8, 4) is 5.75 Å². The van der Waals surface area contributed by atoms with Gasteiger partial charge in [0.15, 0.2) is 0 Å². The first kappa shape index (κ1) is 17.9. The molecule has 0 saturated carbocycles. The van der Waals surface area contributed by atoms with E-state index < -0.39 is 0 Å². The molecule has 1 aromatic heterocycles. The van der Waals surface area contributed by atoms with Gasteiger partial charge in [0, 0.05) is 31.3 Å². The number of morpholine rings is 1. The van der Waals surface area contributed by atoms with Gasteiger partial charge in [0.2, 0.25) is 0 Å². The zero-order valence-electron chi connectivity index (χ0n) is 15.9. The highest BCUT2D eigenvalue weighted by atomic mass is 16.5. The Bertz CT molecular complexity index is 1150. The van der Waals surface area contributed by atoms with Gasteiger partial charge in [-0.2, -0.15) is 5.10 Å². The number of aromatic amines is 1. The van der Waals surface area contributed by atoms with E-state index in [0.717, 1.165) is 28.6 Å². The largest absolute Gasteiger partial charge is 0.492 e. The van der Waals surface area contributed by atoms with Gasteiger partial charge >= 0.3 is 0 Å². The molecule has 3 aromatic rings.